The van der Waals surface area contributed by atoms with Crippen LogP contribution >= 0.6 is 0 Å². The molecule has 24 heavy (non-hydrogen) atoms. The van der Waals surface area contributed by atoms with Crippen LogP contribution in [0, 0.1) is 0 Å². The number of hydrogen-bond donors (Lipinski definition) is 2. The maximum absolute atomic E-state index is 13.1. The molecule has 2 aliphatic rings. The van der Waals surface area contributed by atoms with Crippen molar-refractivity contribution in [2.24, 2.45) is 0 Å². The molecule has 2 aromatic rings. The van der Waals surface area contributed by atoms with Gasteiger partial charge in [0.25, 0.3) is 11.5 Å². The first kappa shape index (κ1) is 15.2. The molecule has 0 saturated carbocycles. The van der Waals surface area contributed by atoms with Crippen molar-refractivity contribution in [2.75, 3.05) is 6.54 Å². The van der Waals surface area contributed by atoms with Gasteiger partial charge in [-0.25, -0.2) is 0 Å². The molecule has 3 heterocycles. The molecule has 4 rings (SSSR count). The second kappa shape index (κ2) is 6.26. The molecule has 1 fully saturated rings. The number of piperidine rings is 1. The van der Waals surface area contributed by atoms with Gasteiger partial charge in [0.1, 0.15) is 5.56 Å². The average molecular weight is 326 g/mol. The summed E-state index contributed by atoms with van der Waals surface area (Å²) in [7, 11) is 0. The van der Waals surface area contributed by atoms with Crippen LogP contribution in [0.15, 0.2) is 23.1 Å². The van der Waals surface area contributed by atoms with E-state index in [9.17, 15) is 9.59 Å². The van der Waals surface area contributed by atoms with Crippen molar-refractivity contribution >= 4 is 5.91 Å². The Bertz CT molecular complexity index is 794. The number of aromatic amines is 2. The quantitative estimate of drug-likeness (QED) is 0.889. The molecule has 0 aromatic carbocycles. The summed E-state index contributed by atoms with van der Waals surface area (Å²) >= 11 is 0. The molecular weight excluding hydrogens is 304 g/mol. The molecule has 0 spiro atoms. The summed E-state index contributed by atoms with van der Waals surface area (Å²) < 4.78 is 0. The van der Waals surface area contributed by atoms with Gasteiger partial charge in [-0.2, -0.15) is 5.10 Å². The van der Waals surface area contributed by atoms with Gasteiger partial charge in [0.2, 0.25) is 0 Å². The van der Waals surface area contributed by atoms with Crippen LogP contribution in [-0.4, -0.2) is 32.5 Å². The van der Waals surface area contributed by atoms with Crippen LogP contribution < -0.4 is 5.56 Å². The molecule has 6 nitrogen and oxygen atoms in total. The largest absolute Gasteiger partial charge is 0.330 e. The first-order chi connectivity index (χ1) is 11.7. The second-order valence-corrected chi connectivity index (χ2v) is 6.75. The predicted octanol–water partition coefficient (Wildman–Crippen LogP) is 2.34. The third kappa shape index (κ3) is 2.66. The van der Waals surface area contributed by atoms with Gasteiger partial charge in [-0.15, -0.1) is 0 Å². The lowest BCUT2D eigenvalue weighted by Gasteiger charge is -2.35. The highest BCUT2D eigenvalue weighted by Crippen LogP contribution is 2.31. The van der Waals surface area contributed by atoms with Crippen LogP contribution in [-0.2, 0) is 12.8 Å². The van der Waals surface area contributed by atoms with Crippen molar-refractivity contribution in [2.45, 2.75) is 51.0 Å². The minimum absolute atomic E-state index is 0.0239. The summed E-state index contributed by atoms with van der Waals surface area (Å²) in [6, 6.07) is 3.71. The van der Waals surface area contributed by atoms with Crippen molar-refractivity contribution in [1.29, 1.82) is 0 Å². The van der Waals surface area contributed by atoms with E-state index in [0.717, 1.165) is 61.9 Å². The molecule has 6 heteroatoms. The number of carbonyl (C=O) groups is 1. The number of fused-ring (bicyclic) bond motifs is 1. The second-order valence-electron chi connectivity index (χ2n) is 6.75. The maximum Gasteiger partial charge on any atom is 0.261 e. The minimum atomic E-state index is -0.255. The molecule has 1 aliphatic carbocycles. The Morgan fingerprint density at radius 1 is 1.21 bits per heavy atom. The average Bonchev–Trinajstić information content (AvgIpc) is 3.15. The van der Waals surface area contributed by atoms with Gasteiger partial charge in [-0.1, -0.05) is 0 Å². The summed E-state index contributed by atoms with van der Waals surface area (Å²) in [5, 5.41) is 6.99. The first-order valence-corrected chi connectivity index (χ1v) is 8.79. The summed E-state index contributed by atoms with van der Waals surface area (Å²) in [4.78, 5) is 30.3. The van der Waals surface area contributed by atoms with Crippen molar-refractivity contribution in [3.05, 3.63) is 51.2 Å². The Hall–Kier alpha value is -2.37. The lowest BCUT2D eigenvalue weighted by molar-refractivity contribution is 0.0604. The standard InChI is InChI=1S/C18H22N4O2/c23-17-13(11-12-5-1-2-6-14(12)20-17)18(24)22-10-4-3-7-16(22)15-8-9-19-21-15/h8-9,11,16H,1-7,10H2,(H,19,21)(H,20,23)/t16-/m0/s1. The van der Waals surface area contributed by atoms with Gasteiger partial charge in [-0.3, -0.25) is 14.7 Å². The van der Waals surface area contributed by atoms with Crippen molar-refractivity contribution < 1.29 is 4.79 Å². The number of likely N-dealkylation sites (tertiary alicyclic amines) is 1. The summed E-state index contributed by atoms with van der Waals surface area (Å²) in [5.74, 6) is -0.163. The topological polar surface area (TPSA) is 81.8 Å². The number of aromatic nitrogens is 3. The lowest BCUT2D eigenvalue weighted by Crippen LogP contribution is -2.41. The smallest absolute Gasteiger partial charge is 0.261 e. The summed E-state index contributed by atoms with van der Waals surface area (Å²) in [6.07, 6.45) is 8.72. The fourth-order valence-corrected chi connectivity index (χ4v) is 3.94. The summed E-state index contributed by atoms with van der Waals surface area (Å²) in [5.41, 5.74) is 3.10. The van der Waals surface area contributed by atoms with E-state index in [0.29, 0.717) is 6.54 Å². The zero-order chi connectivity index (χ0) is 16.5. The van der Waals surface area contributed by atoms with E-state index in [-0.39, 0.29) is 23.1 Å². The Morgan fingerprint density at radius 3 is 2.92 bits per heavy atom. The highest BCUT2D eigenvalue weighted by atomic mass is 16.2. The van der Waals surface area contributed by atoms with Gasteiger partial charge in [0.05, 0.1) is 11.7 Å². The number of hydrogen-bond acceptors (Lipinski definition) is 3. The first-order valence-electron chi connectivity index (χ1n) is 8.79. The molecular formula is C18H22N4O2. The van der Waals surface area contributed by atoms with Gasteiger partial charge < -0.3 is 9.88 Å². The number of rotatable bonds is 2. The van der Waals surface area contributed by atoms with E-state index < -0.39 is 0 Å². The van der Waals surface area contributed by atoms with Crippen LogP contribution in [0.3, 0.4) is 0 Å². The number of nitrogens with zero attached hydrogens (tertiary/aromatic N) is 2. The van der Waals surface area contributed by atoms with E-state index in [1.54, 1.807) is 6.20 Å². The van der Waals surface area contributed by atoms with Crippen LogP contribution in [0.5, 0.6) is 0 Å². The number of aryl methyl sites for hydroxylation is 2. The van der Waals surface area contributed by atoms with Gasteiger partial charge in [-0.05, 0) is 62.6 Å². The third-order valence-corrected chi connectivity index (χ3v) is 5.21. The summed E-state index contributed by atoms with van der Waals surface area (Å²) in [6.45, 7) is 0.680. The molecule has 126 valence electrons. The SMILES string of the molecule is O=C(c1cc2c([nH]c1=O)CCCC2)N1CCCC[C@H]1c1ccn[nH]1. The van der Waals surface area contributed by atoms with Crippen molar-refractivity contribution in [3.8, 4) is 0 Å². The zero-order valence-electron chi connectivity index (χ0n) is 13.7. The third-order valence-electron chi connectivity index (χ3n) is 5.21. The van der Waals surface area contributed by atoms with E-state index in [4.69, 9.17) is 0 Å². The van der Waals surface area contributed by atoms with Gasteiger partial charge >= 0.3 is 0 Å². The van der Waals surface area contributed by atoms with E-state index in [2.05, 4.69) is 15.2 Å². The Kier molecular flexibility index (Phi) is 3.96. The fourth-order valence-electron chi connectivity index (χ4n) is 3.94. The highest BCUT2D eigenvalue weighted by molar-refractivity contribution is 5.94. The normalized spacial score (nSPS) is 20.7. The molecule has 1 amide bonds. The monoisotopic (exact) mass is 326 g/mol. The lowest BCUT2D eigenvalue weighted by atomic mass is 9.94. The molecule has 0 bridgehead atoms. The molecule has 1 atom stereocenters. The molecule has 1 saturated heterocycles. The highest BCUT2D eigenvalue weighted by Gasteiger charge is 2.31. The molecule has 0 radical (unpaired) electrons. The molecule has 2 N–H and O–H groups in total. The van der Waals surface area contributed by atoms with Crippen LogP contribution in [0.1, 0.15) is 65.5 Å². The van der Waals surface area contributed by atoms with Crippen molar-refractivity contribution in [1.82, 2.24) is 20.1 Å². The zero-order valence-corrected chi connectivity index (χ0v) is 13.7. The van der Waals surface area contributed by atoms with Crippen LogP contribution in [0.4, 0.5) is 0 Å². The predicted molar refractivity (Wildman–Crippen MR) is 89.9 cm³/mol. The number of carbonyl (C=O) groups excluding carboxylic acids is 1. The van der Waals surface area contributed by atoms with E-state index in [1.165, 1.54) is 0 Å². The van der Waals surface area contributed by atoms with Gasteiger partial charge in [0.15, 0.2) is 0 Å². The van der Waals surface area contributed by atoms with Crippen molar-refractivity contribution in [3.63, 3.8) is 0 Å². The molecule has 1 aliphatic heterocycles. The number of nitrogens with one attached hydrogen (secondary N) is 2. The van der Waals surface area contributed by atoms with E-state index in [1.807, 2.05) is 17.0 Å². The van der Waals surface area contributed by atoms with Gasteiger partial charge in [0, 0.05) is 18.4 Å². The number of H-pyrrole nitrogens is 2. The van der Waals surface area contributed by atoms with Crippen LogP contribution in [0.25, 0.3) is 0 Å². The fraction of sp³-hybridized carbons (Fsp3) is 0.500. The van der Waals surface area contributed by atoms with E-state index >= 15 is 0 Å². The Labute approximate surface area is 140 Å². The minimum Gasteiger partial charge on any atom is -0.330 e. The number of amides is 1. The van der Waals surface area contributed by atoms with Crippen LogP contribution in [0.2, 0.25) is 0 Å². The Morgan fingerprint density at radius 2 is 2.08 bits per heavy atom. The number of pyridine rings is 1. The molecule has 0 unspecified atom stereocenters. The Balaban J connectivity index is 1.68. The molecule has 2 aromatic heterocycles. The maximum atomic E-state index is 13.1.